The van der Waals surface area contributed by atoms with Gasteiger partial charge in [-0.15, -0.1) is 6.58 Å². The molecule has 2 heterocycles. The van der Waals surface area contributed by atoms with Crippen molar-refractivity contribution in [3.8, 4) is 0 Å². The van der Waals surface area contributed by atoms with Crippen LogP contribution in [0.3, 0.4) is 0 Å². The summed E-state index contributed by atoms with van der Waals surface area (Å²) in [5.41, 5.74) is 18.1. The Morgan fingerprint density at radius 2 is 1.71 bits per heavy atom. The van der Waals surface area contributed by atoms with Crippen LogP contribution in [0.1, 0.15) is 112 Å². The van der Waals surface area contributed by atoms with Gasteiger partial charge in [0.2, 0.25) is 0 Å². The van der Waals surface area contributed by atoms with Crippen LogP contribution in [0.4, 0.5) is 0 Å². The summed E-state index contributed by atoms with van der Waals surface area (Å²) in [6, 6.07) is 11.8. The molecule has 1 aromatic heterocycles. The smallest absolute Gasteiger partial charge is 0.0594 e. The van der Waals surface area contributed by atoms with Crippen LogP contribution in [0.25, 0.3) is 12.2 Å². The van der Waals surface area contributed by atoms with Gasteiger partial charge in [-0.3, -0.25) is 0 Å². The van der Waals surface area contributed by atoms with Crippen molar-refractivity contribution in [3.05, 3.63) is 177 Å². The molecule has 1 aliphatic heterocycles. The molecule has 0 fully saturated rings. The summed E-state index contributed by atoms with van der Waals surface area (Å²) in [6.07, 6.45) is 44.9. The van der Waals surface area contributed by atoms with Gasteiger partial charge >= 0.3 is 0 Å². The molecule has 2 nitrogen and oxygen atoms in total. The molecule has 2 heteroatoms. The number of aromatic nitrogens is 1. The third kappa shape index (κ3) is 5.53. The first-order valence-corrected chi connectivity index (χ1v) is 20.1. The normalized spacial score (nSPS) is 26.2. The first kappa shape index (κ1) is 33.3. The maximum absolute atomic E-state index is 4.23. The van der Waals surface area contributed by atoms with Gasteiger partial charge in [-0.05, 0) is 127 Å². The fourth-order valence-electron chi connectivity index (χ4n) is 10.4. The lowest BCUT2D eigenvalue weighted by atomic mass is 9.64. The van der Waals surface area contributed by atoms with E-state index in [2.05, 4.69) is 152 Å². The van der Waals surface area contributed by atoms with E-state index in [1.54, 1.807) is 33.7 Å². The number of hydrogen-bond donors (Lipinski definition) is 0. The molecule has 264 valence electrons. The van der Waals surface area contributed by atoms with E-state index in [1.165, 1.54) is 33.7 Å². The van der Waals surface area contributed by atoms with Crippen molar-refractivity contribution in [1.29, 1.82) is 0 Å². The van der Waals surface area contributed by atoms with Gasteiger partial charge in [-0.1, -0.05) is 118 Å². The second-order valence-corrected chi connectivity index (χ2v) is 16.4. The number of hydrogen-bond acceptors (Lipinski definition) is 1. The molecule has 0 saturated carbocycles. The first-order chi connectivity index (χ1) is 25.5. The van der Waals surface area contributed by atoms with Crippen LogP contribution in [0.5, 0.6) is 0 Å². The quantitative estimate of drug-likeness (QED) is 0.264. The van der Waals surface area contributed by atoms with E-state index >= 15 is 0 Å². The number of rotatable bonds is 7. The lowest BCUT2D eigenvalue weighted by Crippen LogP contribution is -2.47. The van der Waals surface area contributed by atoms with Gasteiger partial charge in [-0.25, -0.2) is 0 Å². The maximum atomic E-state index is 4.23. The summed E-state index contributed by atoms with van der Waals surface area (Å²) in [7, 11) is 0. The van der Waals surface area contributed by atoms with Crippen LogP contribution in [0, 0.1) is 11.3 Å². The van der Waals surface area contributed by atoms with Gasteiger partial charge in [0.05, 0.1) is 12.1 Å². The van der Waals surface area contributed by atoms with Crippen LogP contribution >= 0.6 is 0 Å². The second-order valence-electron chi connectivity index (χ2n) is 16.4. The van der Waals surface area contributed by atoms with Gasteiger partial charge in [0.15, 0.2) is 0 Å². The second kappa shape index (κ2) is 13.4. The van der Waals surface area contributed by atoms with Crippen molar-refractivity contribution in [2.45, 2.75) is 103 Å². The zero-order chi connectivity index (χ0) is 35.4. The molecule has 0 amide bonds. The Morgan fingerprint density at radius 1 is 0.865 bits per heavy atom. The SMILES string of the molecule is C=CC(CC)C1=CCC2C(=C1)C(C)(C)C1=C(CCC(C3=Cc4c5c(n(C6C=CC=CC6)c4CC3)C=CCC5)=C1)N2C1=CCC(c2ccccc2)C=C1. The molecule has 1 aromatic carbocycles. The third-order valence-electron chi connectivity index (χ3n) is 13.2. The molecule has 0 radical (unpaired) electrons. The molecule has 0 N–H and O–H groups in total. The highest BCUT2D eigenvalue weighted by Gasteiger charge is 2.45. The Morgan fingerprint density at radius 3 is 2.48 bits per heavy atom. The van der Waals surface area contributed by atoms with E-state index in [-0.39, 0.29) is 5.41 Å². The molecule has 4 atom stereocenters. The number of allylic oxidation sites excluding steroid dienone is 16. The number of nitrogens with zero attached hydrogens (tertiary/aromatic N) is 2. The van der Waals surface area contributed by atoms with Crippen molar-refractivity contribution < 1.29 is 0 Å². The number of benzene rings is 1. The third-order valence-corrected chi connectivity index (χ3v) is 13.2. The highest BCUT2D eigenvalue weighted by molar-refractivity contribution is 5.73. The minimum absolute atomic E-state index is 0.0544. The monoisotopic (exact) mass is 682 g/mol. The first-order valence-electron chi connectivity index (χ1n) is 20.1. The highest BCUT2D eigenvalue weighted by atomic mass is 15.2. The van der Waals surface area contributed by atoms with Gasteiger partial charge in [0, 0.05) is 40.0 Å². The van der Waals surface area contributed by atoms with E-state index in [0.29, 0.717) is 23.9 Å². The molecule has 6 aliphatic carbocycles. The topological polar surface area (TPSA) is 8.17 Å². The molecule has 0 spiro atoms. The van der Waals surface area contributed by atoms with Crippen molar-refractivity contribution >= 4 is 12.2 Å². The molecule has 2 aromatic rings. The van der Waals surface area contributed by atoms with Crippen LogP contribution in [-0.2, 0) is 12.8 Å². The van der Waals surface area contributed by atoms with Crippen molar-refractivity contribution in [1.82, 2.24) is 9.47 Å². The predicted molar refractivity (Wildman–Crippen MR) is 220 cm³/mol. The Hall–Kier alpha value is -4.56. The highest BCUT2D eigenvalue weighted by Crippen LogP contribution is 2.54. The van der Waals surface area contributed by atoms with Gasteiger partial charge in [0.25, 0.3) is 0 Å². The molecule has 9 rings (SSSR count). The zero-order valence-electron chi connectivity index (χ0n) is 31.5. The standard InChI is InChI=1S/C50H54N2/c1-5-34(6-2)38-24-29-48-44(32-38)50(3,4)45-33-39(25-30-49(45)52(48)41-26-21-36(22-27-41)35-15-9-7-10-16-35)37-23-28-47-43(31-37)42-19-13-14-20-46(42)51(47)40-17-11-8-12-18-40/h5,7-12,14-17,20-21,24,26-27,31-34,36,40,48H,1,6,13,18-19,22-23,25,28-30H2,2-4H3. The summed E-state index contributed by atoms with van der Waals surface area (Å²) in [4.78, 5) is 2.77. The Kier molecular flexibility index (Phi) is 8.61. The van der Waals surface area contributed by atoms with E-state index in [4.69, 9.17) is 0 Å². The van der Waals surface area contributed by atoms with Crippen molar-refractivity contribution in [3.63, 3.8) is 0 Å². The van der Waals surface area contributed by atoms with Gasteiger partial charge in [0.1, 0.15) is 0 Å². The summed E-state index contributed by atoms with van der Waals surface area (Å²) in [5, 5.41) is 0. The minimum Gasteiger partial charge on any atom is -0.338 e. The zero-order valence-corrected chi connectivity index (χ0v) is 31.5. The van der Waals surface area contributed by atoms with E-state index in [9.17, 15) is 0 Å². The Balaban J connectivity index is 1.12. The molecule has 7 aliphatic rings. The van der Waals surface area contributed by atoms with Crippen LogP contribution < -0.4 is 0 Å². The molecule has 4 unspecified atom stereocenters. The average molecular weight is 683 g/mol. The predicted octanol–water partition coefficient (Wildman–Crippen LogP) is 12.6. The molecular weight excluding hydrogens is 629 g/mol. The number of fused-ring (bicyclic) bond motifs is 4. The van der Waals surface area contributed by atoms with Crippen molar-refractivity contribution in [2.24, 2.45) is 11.3 Å². The summed E-state index contributed by atoms with van der Waals surface area (Å²) in [6.45, 7) is 11.5. The molecule has 0 saturated heterocycles. The maximum Gasteiger partial charge on any atom is 0.0594 e. The van der Waals surface area contributed by atoms with Crippen LogP contribution in [0.15, 0.2) is 149 Å². The molecule has 52 heavy (non-hydrogen) atoms. The van der Waals surface area contributed by atoms with E-state index in [1.807, 2.05) is 0 Å². The van der Waals surface area contributed by atoms with Gasteiger partial charge < -0.3 is 9.47 Å². The van der Waals surface area contributed by atoms with Gasteiger partial charge in [-0.2, -0.15) is 0 Å². The minimum atomic E-state index is -0.0544. The Bertz CT molecular complexity index is 2110. The van der Waals surface area contributed by atoms with Crippen molar-refractivity contribution in [2.75, 3.05) is 0 Å². The largest absolute Gasteiger partial charge is 0.338 e. The Labute approximate surface area is 312 Å². The van der Waals surface area contributed by atoms with Crippen LogP contribution in [-0.4, -0.2) is 15.5 Å². The summed E-state index contributed by atoms with van der Waals surface area (Å²) < 4.78 is 2.69. The average Bonchev–Trinajstić information content (AvgIpc) is 3.53. The lowest BCUT2D eigenvalue weighted by Gasteiger charge is -2.52. The fraction of sp³-hybridized carbons (Fsp3) is 0.360. The molecule has 0 bridgehead atoms. The van der Waals surface area contributed by atoms with E-state index in [0.717, 1.165) is 64.2 Å². The molecular formula is C50H54N2. The fourth-order valence-corrected chi connectivity index (χ4v) is 10.4. The summed E-state index contributed by atoms with van der Waals surface area (Å²) in [5.74, 6) is 0.842. The van der Waals surface area contributed by atoms with E-state index < -0.39 is 0 Å². The van der Waals surface area contributed by atoms with Crippen LogP contribution in [0.2, 0.25) is 0 Å². The lowest BCUT2D eigenvalue weighted by molar-refractivity contribution is 0.265. The summed E-state index contributed by atoms with van der Waals surface area (Å²) >= 11 is 0.